The quantitative estimate of drug-likeness (QED) is 0.808. The molecule has 100 valence electrons. The van der Waals surface area contributed by atoms with E-state index in [1.165, 1.54) is 13.2 Å². The first-order valence-corrected chi connectivity index (χ1v) is 6.14. The average molecular weight is 272 g/mol. The molecule has 1 amide bonds. The lowest BCUT2D eigenvalue weighted by molar-refractivity contribution is -0.128. The molecule has 0 radical (unpaired) electrons. The number of amides is 1. The molecule has 0 spiro atoms. The molecular weight excluding hydrogens is 254 g/mol. The second-order valence-electron chi connectivity index (χ2n) is 4.71. The van der Waals surface area contributed by atoms with Crippen molar-refractivity contribution in [1.29, 1.82) is 0 Å². The minimum atomic E-state index is -0.595. The maximum Gasteiger partial charge on any atom is 0.227 e. The summed E-state index contributed by atoms with van der Waals surface area (Å²) in [7, 11) is 1.48. The molecule has 0 aliphatic heterocycles. The van der Waals surface area contributed by atoms with Crippen molar-refractivity contribution in [2.75, 3.05) is 13.0 Å². The second-order valence-corrected chi connectivity index (χ2v) is 4.97. The molecular formula is C13H18ClNO3. The van der Waals surface area contributed by atoms with E-state index in [9.17, 15) is 9.90 Å². The van der Waals surface area contributed by atoms with Gasteiger partial charge in [0.25, 0.3) is 0 Å². The molecule has 0 unspecified atom stereocenters. The SMILES string of the molecule is COc1cc(CNC(=O)C(C)(C)CCl)ccc1O. The summed E-state index contributed by atoms with van der Waals surface area (Å²) in [6, 6.07) is 4.95. The summed E-state index contributed by atoms with van der Waals surface area (Å²) in [6.45, 7) is 3.94. The minimum absolute atomic E-state index is 0.0775. The van der Waals surface area contributed by atoms with Crippen molar-refractivity contribution < 1.29 is 14.6 Å². The van der Waals surface area contributed by atoms with E-state index < -0.39 is 5.41 Å². The van der Waals surface area contributed by atoms with Crippen molar-refractivity contribution in [1.82, 2.24) is 5.32 Å². The molecule has 0 fully saturated rings. The van der Waals surface area contributed by atoms with Gasteiger partial charge in [0.15, 0.2) is 11.5 Å². The molecule has 2 N–H and O–H groups in total. The number of aromatic hydroxyl groups is 1. The Morgan fingerprint density at radius 3 is 2.72 bits per heavy atom. The van der Waals surface area contributed by atoms with Crippen molar-refractivity contribution in [3.05, 3.63) is 23.8 Å². The number of alkyl halides is 1. The Kier molecular flexibility index (Phi) is 4.84. The van der Waals surface area contributed by atoms with Crippen LogP contribution in [0.2, 0.25) is 0 Å². The summed E-state index contributed by atoms with van der Waals surface area (Å²) in [6.07, 6.45) is 0. The molecule has 0 aliphatic rings. The van der Waals surface area contributed by atoms with Gasteiger partial charge in [-0.25, -0.2) is 0 Å². The van der Waals surface area contributed by atoms with E-state index in [4.69, 9.17) is 16.3 Å². The van der Waals surface area contributed by atoms with Gasteiger partial charge in [-0.3, -0.25) is 4.79 Å². The number of ether oxygens (including phenoxy) is 1. The molecule has 0 aliphatic carbocycles. The van der Waals surface area contributed by atoms with Crippen LogP contribution in [-0.4, -0.2) is 24.0 Å². The molecule has 5 heteroatoms. The first-order valence-electron chi connectivity index (χ1n) is 5.61. The molecule has 0 bridgehead atoms. The smallest absolute Gasteiger partial charge is 0.227 e. The van der Waals surface area contributed by atoms with E-state index in [1.54, 1.807) is 26.0 Å². The van der Waals surface area contributed by atoms with E-state index >= 15 is 0 Å². The Bertz CT molecular complexity index is 432. The predicted octanol–water partition coefficient (Wildman–Crippen LogP) is 2.28. The van der Waals surface area contributed by atoms with Gasteiger partial charge in [-0.15, -0.1) is 11.6 Å². The van der Waals surface area contributed by atoms with Crippen LogP contribution in [0.15, 0.2) is 18.2 Å². The number of benzene rings is 1. The summed E-state index contributed by atoms with van der Waals surface area (Å²) in [5.41, 5.74) is 0.256. The number of methoxy groups -OCH3 is 1. The van der Waals surface area contributed by atoms with Gasteiger partial charge < -0.3 is 15.2 Å². The monoisotopic (exact) mass is 271 g/mol. The Morgan fingerprint density at radius 1 is 1.50 bits per heavy atom. The van der Waals surface area contributed by atoms with Crippen LogP contribution >= 0.6 is 11.6 Å². The van der Waals surface area contributed by atoms with Crippen molar-refractivity contribution in [2.45, 2.75) is 20.4 Å². The number of phenolic OH excluding ortho intramolecular Hbond substituents is 1. The van der Waals surface area contributed by atoms with Crippen molar-refractivity contribution in [2.24, 2.45) is 5.41 Å². The van der Waals surface area contributed by atoms with Crippen LogP contribution < -0.4 is 10.1 Å². The third-order valence-electron chi connectivity index (χ3n) is 2.65. The van der Waals surface area contributed by atoms with Crippen LogP contribution in [-0.2, 0) is 11.3 Å². The fourth-order valence-corrected chi connectivity index (χ4v) is 1.44. The number of carbonyl (C=O) groups is 1. The zero-order valence-corrected chi connectivity index (χ0v) is 11.5. The van der Waals surface area contributed by atoms with Gasteiger partial charge in [-0.05, 0) is 31.5 Å². The highest BCUT2D eigenvalue weighted by Gasteiger charge is 2.25. The number of hydrogen-bond donors (Lipinski definition) is 2. The van der Waals surface area contributed by atoms with Crippen molar-refractivity contribution >= 4 is 17.5 Å². The van der Waals surface area contributed by atoms with Gasteiger partial charge in [0, 0.05) is 12.4 Å². The molecule has 1 aromatic carbocycles. The fourth-order valence-electron chi connectivity index (χ4n) is 1.31. The maximum atomic E-state index is 11.8. The van der Waals surface area contributed by atoms with Crippen LogP contribution in [0.4, 0.5) is 0 Å². The Labute approximate surface area is 112 Å². The Hall–Kier alpha value is -1.42. The zero-order chi connectivity index (χ0) is 13.8. The van der Waals surface area contributed by atoms with E-state index in [2.05, 4.69) is 5.32 Å². The van der Waals surface area contributed by atoms with Gasteiger partial charge in [0.1, 0.15) is 0 Å². The molecule has 18 heavy (non-hydrogen) atoms. The Balaban J connectivity index is 2.67. The van der Waals surface area contributed by atoms with Crippen LogP contribution in [0.3, 0.4) is 0 Å². The highest BCUT2D eigenvalue weighted by Crippen LogP contribution is 2.26. The predicted molar refractivity (Wildman–Crippen MR) is 71.0 cm³/mol. The number of hydrogen-bond acceptors (Lipinski definition) is 3. The van der Waals surface area contributed by atoms with Gasteiger partial charge in [-0.2, -0.15) is 0 Å². The zero-order valence-electron chi connectivity index (χ0n) is 10.8. The second kappa shape index (κ2) is 5.96. The summed E-state index contributed by atoms with van der Waals surface area (Å²) >= 11 is 5.72. The largest absolute Gasteiger partial charge is 0.504 e. The minimum Gasteiger partial charge on any atom is -0.504 e. The summed E-state index contributed by atoms with van der Waals surface area (Å²) < 4.78 is 5.00. The van der Waals surface area contributed by atoms with Crippen LogP contribution in [0.5, 0.6) is 11.5 Å². The summed E-state index contributed by atoms with van der Waals surface area (Å²) in [5, 5.41) is 12.3. The highest BCUT2D eigenvalue weighted by molar-refractivity contribution is 6.19. The van der Waals surface area contributed by atoms with Gasteiger partial charge in [0.05, 0.1) is 12.5 Å². The average Bonchev–Trinajstić information content (AvgIpc) is 2.37. The first kappa shape index (κ1) is 14.6. The number of phenols is 1. The normalized spacial score (nSPS) is 11.1. The topological polar surface area (TPSA) is 58.6 Å². The molecule has 0 aromatic heterocycles. The highest BCUT2D eigenvalue weighted by atomic mass is 35.5. The van der Waals surface area contributed by atoms with Gasteiger partial charge in [0.2, 0.25) is 5.91 Å². The molecule has 1 aromatic rings. The number of halogens is 1. The Morgan fingerprint density at radius 2 is 2.17 bits per heavy atom. The van der Waals surface area contributed by atoms with E-state index in [-0.39, 0.29) is 17.5 Å². The van der Waals surface area contributed by atoms with Gasteiger partial charge >= 0.3 is 0 Å². The summed E-state index contributed by atoms with van der Waals surface area (Å²) in [5.74, 6) is 0.620. The molecule has 4 nitrogen and oxygen atoms in total. The standard InChI is InChI=1S/C13H18ClNO3/c1-13(2,8-14)12(17)15-7-9-4-5-10(16)11(6-9)18-3/h4-6,16H,7-8H2,1-3H3,(H,15,17). The molecule has 1 rings (SSSR count). The van der Waals surface area contributed by atoms with Crippen LogP contribution in [0.1, 0.15) is 19.4 Å². The van der Waals surface area contributed by atoms with E-state index in [1.807, 2.05) is 0 Å². The maximum absolute atomic E-state index is 11.8. The molecule has 0 saturated heterocycles. The lowest BCUT2D eigenvalue weighted by Crippen LogP contribution is -2.37. The van der Waals surface area contributed by atoms with Crippen molar-refractivity contribution in [3.8, 4) is 11.5 Å². The molecule has 0 saturated carbocycles. The van der Waals surface area contributed by atoms with Crippen LogP contribution in [0, 0.1) is 5.41 Å². The van der Waals surface area contributed by atoms with Crippen molar-refractivity contribution in [3.63, 3.8) is 0 Å². The third kappa shape index (κ3) is 3.53. The fraction of sp³-hybridized carbons (Fsp3) is 0.462. The number of carbonyl (C=O) groups excluding carboxylic acids is 1. The molecule has 0 heterocycles. The van der Waals surface area contributed by atoms with E-state index in [0.29, 0.717) is 12.3 Å². The number of rotatable bonds is 5. The lowest BCUT2D eigenvalue weighted by Gasteiger charge is -2.20. The summed E-state index contributed by atoms with van der Waals surface area (Å²) in [4.78, 5) is 11.8. The van der Waals surface area contributed by atoms with Gasteiger partial charge in [-0.1, -0.05) is 6.07 Å². The first-order chi connectivity index (χ1) is 8.40. The van der Waals surface area contributed by atoms with Crippen LogP contribution in [0.25, 0.3) is 0 Å². The number of nitrogens with one attached hydrogen (secondary N) is 1. The third-order valence-corrected chi connectivity index (χ3v) is 3.31. The lowest BCUT2D eigenvalue weighted by atomic mass is 9.95. The van der Waals surface area contributed by atoms with E-state index in [0.717, 1.165) is 5.56 Å². The molecule has 0 atom stereocenters.